The molecule has 2 aromatic rings. The van der Waals surface area contributed by atoms with E-state index in [0.717, 1.165) is 23.3 Å². The third-order valence-corrected chi connectivity index (χ3v) is 4.80. The number of carbonyl (C=O) groups is 3. The zero-order valence-electron chi connectivity index (χ0n) is 15.9. The predicted octanol–water partition coefficient (Wildman–Crippen LogP) is 2.63. The summed E-state index contributed by atoms with van der Waals surface area (Å²) in [7, 11) is 0. The first kappa shape index (κ1) is 19.6. The van der Waals surface area contributed by atoms with E-state index in [1.54, 1.807) is 0 Å². The van der Waals surface area contributed by atoms with Gasteiger partial charge < -0.3 is 10.6 Å². The van der Waals surface area contributed by atoms with Crippen molar-refractivity contribution in [2.45, 2.75) is 44.8 Å². The monoisotopic (exact) mass is 379 g/mol. The third-order valence-electron chi connectivity index (χ3n) is 4.80. The molecule has 1 aliphatic heterocycles. The molecule has 1 saturated heterocycles. The maximum absolute atomic E-state index is 12.5. The number of amides is 4. The van der Waals surface area contributed by atoms with Crippen LogP contribution in [0.15, 0.2) is 60.7 Å². The molecule has 2 aromatic carbocycles. The number of aryl methyl sites for hydroxylation is 1. The van der Waals surface area contributed by atoms with Gasteiger partial charge in [0.1, 0.15) is 6.04 Å². The fourth-order valence-corrected chi connectivity index (χ4v) is 3.25. The average molecular weight is 379 g/mol. The van der Waals surface area contributed by atoms with Gasteiger partial charge in [-0.25, -0.2) is 4.79 Å². The first-order valence-corrected chi connectivity index (χ1v) is 9.52. The summed E-state index contributed by atoms with van der Waals surface area (Å²) in [5, 5.41) is 5.53. The van der Waals surface area contributed by atoms with Gasteiger partial charge in [-0.05, 0) is 30.9 Å². The van der Waals surface area contributed by atoms with Gasteiger partial charge in [-0.2, -0.15) is 0 Å². The first-order valence-electron chi connectivity index (χ1n) is 9.52. The van der Waals surface area contributed by atoms with Crippen molar-refractivity contribution in [1.29, 1.82) is 0 Å². The fourth-order valence-electron chi connectivity index (χ4n) is 3.25. The van der Waals surface area contributed by atoms with Crippen LogP contribution >= 0.6 is 0 Å². The Hall–Kier alpha value is -3.15. The predicted molar refractivity (Wildman–Crippen MR) is 106 cm³/mol. The van der Waals surface area contributed by atoms with E-state index in [-0.39, 0.29) is 30.8 Å². The standard InChI is InChI=1S/C22H25N3O3/c1-16(12-13-17-8-4-2-5-9-17)23-20(26)14-19-21(27)25(22(28)24-19)15-18-10-6-3-7-11-18/h2-11,16,19H,12-15H2,1H3,(H,23,26)(H,24,28)/t16-,19-/m0/s1. The molecule has 1 aliphatic rings. The van der Waals surface area contributed by atoms with E-state index in [0.29, 0.717) is 0 Å². The van der Waals surface area contributed by atoms with Crippen LogP contribution < -0.4 is 10.6 Å². The van der Waals surface area contributed by atoms with E-state index in [2.05, 4.69) is 22.8 Å². The van der Waals surface area contributed by atoms with Gasteiger partial charge in [-0.3, -0.25) is 14.5 Å². The van der Waals surface area contributed by atoms with E-state index in [4.69, 9.17) is 0 Å². The van der Waals surface area contributed by atoms with Crippen LogP contribution in [0, 0.1) is 0 Å². The van der Waals surface area contributed by atoms with Gasteiger partial charge in [0.15, 0.2) is 0 Å². The normalized spacial score (nSPS) is 17.3. The molecule has 0 aromatic heterocycles. The summed E-state index contributed by atoms with van der Waals surface area (Å²) in [6.45, 7) is 2.15. The number of imide groups is 1. The quantitative estimate of drug-likeness (QED) is 0.692. The highest BCUT2D eigenvalue weighted by Crippen LogP contribution is 2.14. The lowest BCUT2D eigenvalue weighted by atomic mass is 10.1. The van der Waals surface area contributed by atoms with Gasteiger partial charge >= 0.3 is 6.03 Å². The summed E-state index contributed by atoms with van der Waals surface area (Å²) < 4.78 is 0. The van der Waals surface area contributed by atoms with Crippen LogP contribution in [-0.4, -0.2) is 34.8 Å². The lowest BCUT2D eigenvalue weighted by Gasteiger charge is -2.16. The largest absolute Gasteiger partial charge is 0.354 e. The Morgan fingerprint density at radius 1 is 1.04 bits per heavy atom. The summed E-state index contributed by atoms with van der Waals surface area (Å²) in [5.74, 6) is -0.596. The van der Waals surface area contributed by atoms with Crippen LogP contribution in [0.3, 0.4) is 0 Å². The Balaban J connectivity index is 1.47. The molecule has 4 amide bonds. The van der Waals surface area contributed by atoms with Crippen LogP contribution in [-0.2, 0) is 22.6 Å². The highest BCUT2D eigenvalue weighted by molar-refractivity contribution is 6.05. The SMILES string of the molecule is C[C@@H](CCc1ccccc1)NC(=O)C[C@@H]1NC(=O)N(Cc2ccccc2)C1=O. The van der Waals surface area contributed by atoms with Gasteiger partial charge in [0.25, 0.3) is 5.91 Å². The maximum atomic E-state index is 12.5. The van der Waals surface area contributed by atoms with Gasteiger partial charge in [0.05, 0.1) is 13.0 Å². The number of hydrogen-bond acceptors (Lipinski definition) is 3. The molecule has 0 radical (unpaired) electrons. The second-order valence-electron chi connectivity index (χ2n) is 7.11. The van der Waals surface area contributed by atoms with Crippen molar-refractivity contribution in [3.63, 3.8) is 0 Å². The topological polar surface area (TPSA) is 78.5 Å². The minimum absolute atomic E-state index is 0.0136. The summed E-state index contributed by atoms with van der Waals surface area (Å²) in [4.78, 5) is 38.1. The van der Waals surface area contributed by atoms with E-state index in [9.17, 15) is 14.4 Å². The number of rotatable bonds is 8. The molecule has 0 unspecified atom stereocenters. The molecule has 146 valence electrons. The van der Waals surface area contributed by atoms with Crippen molar-refractivity contribution in [3.8, 4) is 0 Å². The highest BCUT2D eigenvalue weighted by atomic mass is 16.2. The molecule has 6 heteroatoms. The second-order valence-corrected chi connectivity index (χ2v) is 7.11. The van der Waals surface area contributed by atoms with Crippen LogP contribution in [0.25, 0.3) is 0 Å². The Bertz CT molecular complexity index is 823. The second kappa shape index (κ2) is 9.17. The van der Waals surface area contributed by atoms with Crippen LogP contribution in [0.5, 0.6) is 0 Å². The van der Waals surface area contributed by atoms with Crippen molar-refractivity contribution in [1.82, 2.24) is 15.5 Å². The number of nitrogens with one attached hydrogen (secondary N) is 2. The number of hydrogen-bond donors (Lipinski definition) is 2. The molecular formula is C22H25N3O3. The number of carbonyl (C=O) groups excluding carboxylic acids is 3. The molecule has 1 heterocycles. The maximum Gasteiger partial charge on any atom is 0.325 e. The van der Waals surface area contributed by atoms with Crippen molar-refractivity contribution in [3.05, 3.63) is 71.8 Å². The fraction of sp³-hybridized carbons (Fsp3) is 0.318. The molecule has 0 aliphatic carbocycles. The molecular weight excluding hydrogens is 354 g/mol. The molecule has 2 atom stereocenters. The molecule has 1 fully saturated rings. The van der Waals surface area contributed by atoms with Gasteiger partial charge in [0, 0.05) is 6.04 Å². The molecule has 2 N–H and O–H groups in total. The Morgan fingerprint density at radius 3 is 2.29 bits per heavy atom. The summed E-state index contributed by atoms with van der Waals surface area (Å²) in [6, 6.07) is 18.1. The number of benzene rings is 2. The minimum Gasteiger partial charge on any atom is -0.354 e. The zero-order valence-corrected chi connectivity index (χ0v) is 15.9. The van der Waals surface area contributed by atoms with Crippen LogP contribution in [0.4, 0.5) is 4.79 Å². The number of urea groups is 1. The average Bonchev–Trinajstić information content (AvgIpc) is 2.95. The van der Waals surface area contributed by atoms with E-state index in [1.807, 2.05) is 55.5 Å². The summed E-state index contributed by atoms with van der Waals surface area (Å²) in [6.07, 6.45) is 1.62. The van der Waals surface area contributed by atoms with E-state index < -0.39 is 12.1 Å². The minimum atomic E-state index is -0.808. The van der Waals surface area contributed by atoms with Crippen LogP contribution in [0.2, 0.25) is 0 Å². The molecule has 0 spiro atoms. The Morgan fingerprint density at radius 2 is 1.64 bits per heavy atom. The molecule has 6 nitrogen and oxygen atoms in total. The molecule has 28 heavy (non-hydrogen) atoms. The summed E-state index contributed by atoms with van der Waals surface area (Å²) in [5.41, 5.74) is 2.09. The van der Waals surface area contributed by atoms with E-state index in [1.165, 1.54) is 5.56 Å². The number of nitrogens with zero attached hydrogens (tertiary/aromatic N) is 1. The lowest BCUT2D eigenvalue weighted by molar-refractivity contribution is -0.131. The van der Waals surface area contributed by atoms with E-state index >= 15 is 0 Å². The molecule has 3 rings (SSSR count). The van der Waals surface area contributed by atoms with Gasteiger partial charge in [-0.15, -0.1) is 0 Å². The summed E-state index contributed by atoms with van der Waals surface area (Å²) >= 11 is 0. The first-order chi connectivity index (χ1) is 13.5. The smallest absolute Gasteiger partial charge is 0.325 e. The van der Waals surface area contributed by atoms with Gasteiger partial charge in [-0.1, -0.05) is 60.7 Å². The Labute approximate surface area is 164 Å². The molecule has 0 saturated carbocycles. The third kappa shape index (κ3) is 5.19. The van der Waals surface area contributed by atoms with Crippen molar-refractivity contribution < 1.29 is 14.4 Å². The Kier molecular flexibility index (Phi) is 6.42. The van der Waals surface area contributed by atoms with Crippen molar-refractivity contribution >= 4 is 17.8 Å². The lowest BCUT2D eigenvalue weighted by Crippen LogP contribution is -2.39. The molecule has 0 bridgehead atoms. The van der Waals surface area contributed by atoms with Crippen LogP contribution in [0.1, 0.15) is 30.9 Å². The zero-order chi connectivity index (χ0) is 19.9. The van der Waals surface area contributed by atoms with Crippen molar-refractivity contribution in [2.75, 3.05) is 0 Å². The van der Waals surface area contributed by atoms with Gasteiger partial charge in [0.2, 0.25) is 5.91 Å². The van der Waals surface area contributed by atoms with Crippen molar-refractivity contribution in [2.24, 2.45) is 0 Å². The highest BCUT2D eigenvalue weighted by Gasteiger charge is 2.39.